The Bertz CT molecular complexity index is 831. The van der Waals surface area contributed by atoms with Gasteiger partial charge in [0.1, 0.15) is 18.7 Å². The van der Waals surface area contributed by atoms with E-state index in [9.17, 15) is 0 Å². The average molecular weight is 377 g/mol. The first-order valence-corrected chi connectivity index (χ1v) is 9.36. The first kappa shape index (κ1) is 16.4. The SMILES string of the molecule is Clc1cc(-n2cnnn2)ccc1OCc1csc(C2CCNCC2)n1. The largest absolute Gasteiger partial charge is 0.486 e. The molecule has 25 heavy (non-hydrogen) atoms. The normalized spacial score (nSPS) is 15.4. The monoisotopic (exact) mass is 376 g/mol. The van der Waals surface area contributed by atoms with Gasteiger partial charge in [0.15, 0.2) is 0 Å². The Morgan fingerprint density at radius 3 is 2.96 bits per heavy atom. The highest BCUT2D eigenvalue weighted by Crippen LogP contribution is 2.30. The molecule has 130 valence electrons. The van der Waals surface area contributed by atoms with Crippen LogP contribution in [0.4, 0.5) is 0 Å². The summed E-state index contributed by atoms with van der Waals surface area (Å²) in [6.45, 7) is 2.55. The molecule has 2 aromatic heterocycles. The van der Waals surface area contributed by atoms with Crippen molar-refractivity contribution in [3.63, 3.8) is 0 Å². The smallest absolute Gasteiger partial charge is 0.143 e. The maximum Gasteiger partial charge on any atom is 0.143 e. The molecule has 0 unspecified atom stereocenters. The van der Waals surface area contributed by atoms with Gasteiger partial charge >= 0.3 is 0 Å². The van der Waals surface area contributed by atoms with Gasteiger partial charge in [-0.05, 0) is 54.6 Å². The number of halogens is 1. The second kappa shape index (κ2) is 7.47. The molecule has 1 N–H and O–H groups in total. The van der Waals surface area contributed by atoms with Crippen LogP contribution in [-0.4, -0.2) is 38.3 Å². The Kier molecular flexibility index (Phi) is 4.91. The molecule has 0 aliphatic carbocycles. The molecule has 0 bridgehead atoms. The molecule has 1 fully saturated rings. The molecule has 0 radical (unpaired) electrons. The minimum absolute atomic E-state index is 0.408. The van der Waals surface area contributed by atoms with Crippen molar-refractivity contribution < 1.29 is 4.74 Å². The van der Waals surface area contributed by atoms with Crippen LogP contribution in [0.3, 0.4) is 0 Å². The second-order valence-corrected chi connectivity index (χ2v) is 7.16. The standard InChI is InChI=1S/C16H17ClN6OS/c17-14-7-13(23-10-19-21-22-23)1-2-15(14)24-8-12-9-25-16(20-12)11-3-5-18-6-4-11/h1-2,7,9-11,18H,3-6,8H2. The predicted octanol–water partition coefficient (Wildman–Crippen LogP) is 2.82. The molecule has 7 nitrogen and oxygen atoms in total. The van der Waals surface area contributed by atoms with Crippen molar-refractivity contribution >= 4 is 22.9 Å². The van der Waals surface area contributed by atoms with Crippen LogP contribution in [0, 0.1) is 0 Å². The molecule has 0 amide bonds. The summed E-state index contributed by atoms with van der Waals surface area (Å²) in [5, 5.41) is 18.2. The van der Waals surface area contributed by atoms with Gasteiger partial charge in [0.2, 0.25) is 0 Å². The number of hydrogen-bond donors (Lipinski definition) is 1. The van der Waals surface area contributed by atoms with Gasteiger partial charge in [-0.25, -0.2) is 9.67 Å². The number of nitrogens with zero attached hydrogens (tertiary/aromatic N) is 5. The Morgan fingerprint density at radius 1 is 1.32 bits per heavy atom. The molecule has 4 rings (SSSR count). The van der Waals surface area contributed by atoms with E-state index in [0.29, 0.717) is 23.3 Å². The summed E-state index contributed by atoms with van der Waals surface area (Å²) in [5.74, 6) is 1.19. The van der Waals surface area contributed by atoms with Gasteiger partial charge in [-0.15, -0.1) is 16.4 Å². The van der Waals surface area contributed by atoms with Crippen molar-refractivity contribution in [2.24, 2.45) is 0 Å². The van der Waals surface area contributed by atoms with Gasteiger partial charge in [0.25, 0.3) is 0 Å². The van der Waals surface area contributed by atoms with E-state index >= 15 is 0 Å². The van der Waals surface area contributed by atoms with E-state index in [1.807, 2.05) is 12.1 Å². The van der Waals surface area contributed by atoms with E-state index in [2.05, 4.69) is 26.2 Å². The van der Waals surface area contributed by atoms with E-state index in [1.54, 1.807) is 22.1 Å². The van der Waals surface area contributed by atoms with Crippen molar-refractivity contribution in [2.75, 3.05) is 13.1 Å². The molecule has 9 heteroatoms. The summed E-state index contributed by atoms with van der Waals surface area (Å²) >= 11 is 8.03. The van der Waals surface area contributed by atoms with Crippen molar-refractivity contribution in [2.45, 2.75) is 25.4 Å². The lowest BCUT2D eigenvalue weighted by atomic mass is 9.99. The molecule has 3 heterocycles. The molecule has 0 saturated carbocycles. The third-order valence-corrected chi connectivity index (χ3v) is 5.51. The van der Waals surface area contributed by atoms with Crippen LogP contribution in [0.1, 0.15) is 29.5 Å². The molecule has 0 atom stereocenters. The summed E-state index contributed by atoms with van der Waals surface area (Å²) in [6.07, 6.45) is 3.82. The maximum absolute atomic E-state index is 6.31. The molecule has 1 aliphatic rings. The number of thiazole rings is 1. The number of benzene rings is 1. The highest BCUT2D eigenvalue weighted by Gasteiger charge is 2.18. The zero-order valence-corrected chi connectivity index (χ0v) is 15.0. The first-order valence-electron chi connectivity index (χ1n) is 8.10. The predicted molar refractivity (Wildman–Crippen MR) is 95.5 cm³/mol. The Hall–Kier alpha value is -2.03. The number of rotatable bonds is 5. The number of nitrogens with one attached hydrogen (secondary N) is 1. The van der Waals surface area contributed by atoms with E-state index < -0.39 is 0 Å². The average Bonchev–Trinajstić information content (AvgIpc) is 3.33. The number of tetrazole rings is 1. The fraction of sp³-hybridized carbons (Fsp3) is 0.375. The van der Waals surface area contributed by atoms with Crippen LogP contribution >= 0.6 is 22.9 Å². The van der Waals surface area contributed by atoms with Gasteiger partial charge in [-0.3, -0.25) is 0 Å². The molecule has 3 aromatic rings. The number of piperidine rings is 1. The molecule has 1 aliphatic heterocycles. The molecule has 1 aromatic carbocycles. The third-order valence-electron chi connectivity index (χ3n) is 4.16. The number of ether oxygens (including phenoxy) is 1. The first-order chi connectivity index (χ1) is 12.3. The summed E-state index contributed by atoms with van der Waals surface area (Å²) in [7, 11) is 0. The molecule has 1 saturated heterocycles. The van der Waals surface area contributed by atoms with Gasteiger partial charge in [-0.1, -0.05) is 11.6 Å². The fourth-order valence-corrected chi connectivity index (χ4v) is 4.03. The van der Waals surface area contributed by atoms with E-state index in [-0.39, 0.29) is 0 Å². The summed E-state index contributed by atoms with van der Waals surface area (Å²) in [5.41, 5.74) is 1.73. The molecular weight excluding hydrogens is 360 g/mol. The van der Waals surface area contributed by atoms with Gasteiger partial charge in [-0.2, -0.15) is 0 Å². The van der Waals surface area contributed by atoms with Crippen LogP contribution < -0.4 is 10.1 Å². The van der Waals surface area contributed by atoms with Crippen LogP contribution in [0.25, 0.3) is 5.69 Å². The zero-order valence-electron chi connectivity index (χ0n) is 13.4. The van der Waals surface area contributed by atoms with Gasteiger partial charge < -0.3 is 10.1 Å². The Labute approximate surface area is 154 Å². The van der Waals surface area contributed by atoms with Crippen molar-refractivity contribution in [1.82, 2.24) is 30.5 Å². The van der Waals surface area contributed by atoms with Crippen LogP contribution in [-0.2, 0) is 6.61 Å². The van der Waals surface area contributed by atoms with E-state index in [1.165, 1.54) is 11.3 Å². The van der Waals surface area contributed by atoms with Crippen molar-refractivity contribution in [3.8, 4) is 11.4 Å². The minimum atomic E-state index is 0.408. The van der Waals surface area contributed by atoms with Gasteiger partial charge in [0.05, 0.1) is 21.4 Å². The Morgan fingerprint density at radius 2 is 2.20 bits per heavy atom. The maximum atomic E-state index is 6.31. The topological polar surface area (TPSA) is 77.8 Å². The quantitative estimate of drug-likeness (QED) is 0.737. The lowest BCUT2D eigenvalue weighted by Gasteiger charge is -2.20. The second-order valence-electron chi connectivity index (χ2n) is 5.86. The Balaban J connectivity index is 1.40. The summed E-state index contributed by atoms with van der Waals surface area (Å²) in [4.78, 5) is 4.73. The highest BCUT2D eigenvalue weighted by atomic mass is 35.5. The van der Waals surface area contributed by atoms with Crippen LogP contribution in [0.2, 0.25) is 5.02 Å². The fourth-order valence-electron chi connectivity index (χ4n) is 2.83. The molecular formula is C16H17ClN6OS. The lowest BCUT2D eigenvalue weighted by molar-refractivity contribution is 0.301. The zero-order chi connectivity index (χ0) is 17.1. The summed E-state index contributed by atoms with van der Waals surface area (Å²) in [6, 6.07) is 5.45. The number of aromatic nitrogens is 5. The summed E-state index contributed by atoms with van der Waals surface area (Å²) < 4.78 is 7.38. The van der Waals surface area contributed by atoms with Crippen LogP contribution in [0.15, 0.2) is 29.9 Å². The van der Waals surface area contributed by atoms with Crippen molar-refractivity contribution in [1.29, 1.82) is 0 Å². The van der Waals surface area contributed by atoms with E-state index in [0.717, 1.165) is 37.3 Å². The minimum Gasteiger partial charge on any atom is -0.486 e. The van der Waals surface area contributed by atoms with E-state index in [4.69, 9.17) is 21.3 Å². The van der Waals surface area contributed by atoms with Crippen LogP contribution in [0.5, 0.6) is 5.75 Å². The highest BCUT2D eigenvalue weighted by molar-refractivity contribution is 7.09. The number of hydrogen-bond acceptors (Lipinski definition) is 7. The lowest BCUT2D eigenvalue weighted by Crippen LogP contribution is -2.26. The van der Waals surface area contributed by atoms with Crippen molar-refractivity contribution in [3.05, 3.63) is 45.6 Å². The van der Waals surface area contributed by atoms with Gasteiger partial charge in [0, 0.05) is 11.3 Å². The molecule has 0 spiro atoms. The third kappa shape index (κ3) is 3.81.